The van der Waals surface area contributed by atoms with E-state index in [1.165, 1.54) is 14.2 Å². The molecule has 1 atom stereocenters. The molecule has 9 nitrogen and oxygen atoms in total. The van der Waals surface area contributed by atoms with Crippen molar-refractivity contribution in [2.75, 3.05) is 73.7 Å². The molecule has 0 spiro atoms. The van der Waals surface area contributed by atoms with Crippen molar-refractivity contribution in [2.24, 2.45) is 0 Å². The Labute approximate surface area is 241 Å². The van der Waals surface area contributed by atoms with Crippen LogP contribution in [0.5, 0.6) is 28.7 Å². The predicted molar refractivity (Wildman–Crippen MR) is 145 cm³/mol. The molecule has 0 amide bonds. The fourth-order valence-electron chi connectivity index (χ4n) is 3.32. The van der Waals surface area contributed by atoms with Crippen LogP contribution < -0.4 is 47.8 Å². The van der Waals surface area contributed by atoms with Gasteiger partial charge in [0.1, 0.15) is 54.1 Å². The molecular formula is C27H40LiO9P. The Morgan fingerprint density at radius 1 is 0.711 bits per heavy atom. The number of methoxy groups -OCH3 is 2. The summed E-state index contributed by atoms with van der Waals surface area (Å²) in [5.74, 6) is 2.39. The van der Waals surface area contributed by atoms with Gasteiger partial charge in [-0.1, -0.05) is 6.07 Å². The molecule has 0 N–H and O–H groups in total. The third-order valence-electron chi connectivity index (χ3n) is 5.01. The standard InChI is InChI=1S/C27H39O9P.Li.H/c1-6-31-12-15-34-20-18-23(35-16-13-32-7-2)26(24(19-20)36-17-14-33-8-3)37-27(28)25-21(29-4)10-9-11-22(25)30-5;;/h9-11,18-19,37H,6-8,12-17H2,1-5H3;;/q;+1;-1. The van der Waals surface area contributed by atoms with Crippen LogP contribution in [-0.2, 0) is 14.2 Å². The minimum atomic E-state index is -0.336. The van der Waals surface area contributed by atoms with E-state index < -0.39 is 0 Å². The van der Waals surface area contributed by atoms with Gasteiger partial charge < -0.3 is 39.3 Å². The minimum Gasteiger partial charge on any atom is -1.00 e. The summed E-state index contributed by atoms with van der Waals surface area (Å²) in [6.07, 6.45) is 0. The Hall–Kier alpha value is -1.98. The molecule has 0 fully saturated rings. The van der Waals surface area contributed by atoms with Crippen molar-refractivity contribution < 1.29 is 63.0 Å². The van der Waals surface area contributed by atoms with Gasteiger partial charge in [-0.15, -0.1) is 0 Å². The number of benzene rings is 2. The van der Waals surface area contributed by atoms with Crippen LogP contribution in [0.2, 0.25) is 0 Å². The molecule has 1 unspecified atom stereocenters. The van der Waals surface area contributed by atoms with Gasteiger partial charge in [0.15, 0.2) is 5.52 Å². The quantitative estimate of drug-likeness (QED) is 0.138. The first-order valence-corrected chi connectivity index (χ1v) is 13.4. The van der Waals surface area contributed by atoms with Gasteiger partial charge in [-0.2, -0.15) is 0 Å². The summed E-state index contributed by atoms with van der Waals surface area (Å²) in [5, 5.41) is 0.614. The maximum absolute atomic E-state index is 13.6. The fourth-order valence-corrected chi connectivity index (χ4v) is 4.46. The van der Waals surface area contributed by atoms with E-state index >= 15 is 0 Å². The van der Waals surface area contributed by atoms with Crippen LogP contribution in [0.15, 0.2) is 30.3 Å². The Balaban J connectivity index is 0.00000722. The van der Waals surface area contributed by atoms with Gasteiger partial charge in [0.25, 0.3) is 0 Å². The maximum atomic E-state index is 13.6. The van der Waals surface area contributed by atoms with Crippen LogP contribution in [0.25, 0.3) is 0 Å². The summed E-state index contributed by atoms with van der Waals surface area (Å²) in [6, 6.07) is 8.77. The number of rotatable bonds is 20. The summed E-state index contributed by atoms with van der Waals surface area (Å²) in [4.78, 5) is 13.6. The van der Waals surface area contributed by atoms with E-state index in [0.717, 1.165) is 0 Å². The summed E-state index contributed by atoms with van der Waals surface area (Å²) in [7, 11) is 2.71. The van der Waals surface area contributed by atoms with Crippen molar-refractivity contribution >= 4 is 19.4 Å². The molecule has 0 aliphatic rings. The van der Waals surface area contributed by atoms with Crippen LogP contribution >= 0.6 is 8.58 Å². The minimum absolute atomic E-state index is 0. The monoisotopic (exact) mass is 546 g/mol. The summed E-state index contributed by atoms with van der Waals surface area (Å²) in [5.41, 5.74) is 0.187. The smallest absolute Gasteiger partial charge is 1.00 e. The molecule has 38 heavy (non-hydrogen) atoms. The number of hydrogen-bond acceptors (Lipinski definition) is 9. The Morgan fingerprint density at radius 2 is 1.16 bits per heavy atom. The average Bonchev–Trinajstić information content (AvgIpc) is 2.92. The van der Waals surface area contributed by atoms with Gasteiger partial charge >= 0.3 is 18.9 Å². The molecule has 2 rings (SSSR count). The molecule has 0 radical (unpaired) electrons. The third-order valence-corrected chi connectivity index (χ3v) is 6.23. The number of carbonyl (C=O) groups is 1. The van der Waals surface area contributed by atoms with Crippen molar-refractivity contribution in [3.05, 3.63) is 35.9 Å². The SMILES string of the molecule is CCOCCOc1cc(OCCOCC)c(PC(=O)c2c(OC)cccc2OC)c(OCCOCC)c1.[H-].[Li+]. The molecule has 0 bridgehead atoms. The van der Waals surface area contributed by atoms with Gasteiger partial charge in [0.05, 0.1) is 39.3 Å². The van der Waals surface area contributed by atoms with E-state index in [9.17, 15) is 4.79 Å². The second-order valence-electron chi connectivity index (χ2n) is 7.42. The number of hydrogen-bond donors (Lipinski definition) is 0. The van der Waals surface area contributed by atoms with E-state index in [0.29, 0.717) is 99.1 Å². The second kappa shape index (κ2) is 20.0. The van der Waals surface area contributed by atoms with Crippen LogP contribution in [0.1, 0.15) is 32.6 Å². The van der Waals surface area contributed by atoms with Crippen LogP contribution in [0, 0.1) is 0 Å². The van der Waals surface area contributed by atoms with Gasteiger partial charge in [0, 0.05) is 32.0 Å². The molecule has 0 aliphatic carbocycles. The average molecular weight is 547 g/mol. The van der Waals surface area contributed by atoms with Crippen LogP contribution in [0.4, 0.5) is 0 Å². The van der Waals surface area contributed by atoms with Crippen molar-refractivity contribution in [3.63, 3.8) is 0 Å². The van der Waals surface area contributed by atoms with Crippen molar-refractivity contribution in [2.45, 2.75) is 20.8 Å². The largest absolute Gasteiger partial charge is 1.00 e. The Morgan fingerprint density at radius 3 is 1.58 bits per heavy atom. The summed E-state index contributed by atoms with van der Waals surface area (Å²) in [6.45, 7) is 9.77. The topological polar surface area (TPSA) is 90.9 Å². The Kier molecular flexibility index (Phi) is 17.9. The zero-order valence-corrected chi connectivity index (χ0v) is 24.4. The number of ether oxygens (including phenoxy) is 8. The van der Waals surface area contributed by atoms with Crippen LogP contribution in [-0.4, -0.2) is 79.2 Å². The first kappa shape index (κ1) is 34.0. The molecule has 208 valence electrons. The van der Waals surface area contributed by atoms with Gasteiger partial charge in [-0.25, -0.2) is 0 Å². The van der Waals surface area contributed by atoms with Crippen molar-refractivity contribution in [3.8, 4) is 28.7 Å². The maximum Gasteiger partial charge on any atom is 1.00 e. The molecule has 0 aromatic heterocycles. The molecular weight excluding hydrogens is 506 g/mol. The molecule has 2 aromatic rings. The van der Waals surface area contributed by atoms with E-state index in [1.54, 1.807) is 30.3 Å². The van der Waals surface area contributed by atoms with Gasteiger partial charge in [-0.05, 0) is 41.5 Å². The van der Waals surface area contributed by atoms with E-state index in [2.05, 4.69) is 0 Å². The molecule has 0 saturated carbocycles. The predicted octanol–water partition coefficient (Wildman–Crippen LogP) is 1.21. The molecule has 0 heterocycles. The molecule has 0 aliphatic heterocycles. The van der Waals surface area contributed by atoms with E-state index in [-0.39, 0.29) is 34.4 Å². The van der Waals surface area contributed by atoms with Gasteiger partial charge in [-0.3, -0.25) is 4.79 Å². The van der Waals surface area contributed by atoms with Crippen LogP contribution in [0.3, 0.4) is 0 Å². The third kappa shape index (κ3) is 11.0. The van der Waals surface area contributed by atoms with E-state index in [4.69, 9.17) is 37.9 Å². The molecule has 11 heteroatoms. The zero-order valence-electron chi connectivity index (χ0n) is 24.4. The fraction of sp³-hybridized carbons (Fsp3) is 0.519. The summed E-state index contributed by atoms with van der Waals surface area (Å²) < 4.78 is 45.2. The molecule has 2 aromatic carbocycles. The number of carbonyl (C=O) groups excluding carboxylic acids is 1. The zero-order chi connectivity index (χ0) is 26.9. The summed E-state index contributed by atoms with van der Waals surface area (Å²) >= 11 is 0. The van der Waals surface area contributed by atoms with Gasteiger partial charge in [0.2, 0.25) is 0 Å². The molecule has 0 saturated heterocycles. The van der Waals surface area contributed by atoms with E-state index in [1.807, 2.05) is 20.8 Å². The van der Waals surface area contributed by atoms with Crippen molar-refractivity contribution in [1.29, 1.82) is 0 Å². The Bertz CT molecular complexity index is 910. The first-order valence-electron chi connectivity index (χ1n) is 12.4. The second-order valence-corrected chi connectivity index (χ2v) is 8.63. The van der Waals surface area contributed by atoms with Crippen molar-refractivity contribution in [1.82, 2.24) is 0 Å². The normalized spacial score (nSPS) is 10.8. The first-order chi connectivity index (χ1) is 18.1.